The number of imidazole rings is 1. The van der Waals surface area contributed by atoms with Crippen LogP contribution < -0.4 is 5.32 Å². The molecule has 1 saturated heterocycles. The van der Waals surface area contributed by atoms with E-state index in [-0.39, 0.29) is 5.91 Å². The van der Waals surface area contributed by atoms with Crippen molar-refractivity contribution in [3.63, 3.8) is 0 Å². The van der Waals surface area contributed by atoms with Crippen LogP contribution in [-0.2, 0) is 23.1 Å². The summed E-state index contributed by atoms with van der Waals surface area (Å²) in [7, 11) is -3.46. The Morgan fingerprint density at radius 3 is 2.27 bits per heavy atom. The average Bonchev–Trinajstić information content (AvgIpc) is 3.48. The van der Waals surface area contributed by atoms with Gasteiger partial charge in [-0.15, -0.1) is 0 Å². The number of rotatable bonds is 8. The summed E-state index contributed by atoms with van der Waals surface area (Å²) < 4.78 is 29.2. The third-order valence-electron chi connectivity index (χ3n) is 6.55. The molecule has 2 heterocycles. The molecule has 1 N–H and O–H groups in total. The predicted octanol–water partition coefficient (Wildman–Crippen LogP) is 3.31. The van der Waals surface area contributed by atoms with Crippen molar-refractivity contribution >= 4 is 15.9 Å². The normalized spacial score (nSPS) is 14.9. The summed E-state index contributed by atoms with van der Waals surface area (Å²) in [6.45, 7) is 3.34. The van der Waals surface area contributed by atoms with Crippen LogP contribution in [0.1, 0.15) is 21.5 Å². The highest BCUT2D eigenvalue weighted by atomic mass is 32.2. The lowest BCUT2D eigenvalue weighted by atomic mass is 10.1. The van der Waals surface area contributed by atoms with E-state index in [0.717, 1.165) is 16.8 Å². The first-order valence-corrected chi connectivity index (χ1v) is 13.7. The quantitative estimate of drug-likeness (QED) is 0.389. The Bertz CT molecular complexity index is 1430. The molecule has 8 nitrogen and oxygen atoms in total. The average molecular weight is 516 g/mol. The van der Waals surface area contributed by atoms with E-state index >= 15 is 0 Å². The van der Waals surface area contributed by atoms with Crippen LogP contribution in [0, 0.1) is 0 Å². The number of piperazine rings is 1. The van der Waals surface area contributed by atoms with Gasteiger partial charge in [-0.05, 0) is 41.5 Å². The Hall–Kier alpha value is -3.79. The molecule has 3 aromatic carbocycles. The lowest BCUT2D eigenvalue weighted by molar-refractivity contribution is 0.0951. The summed E-state index contributed by atoms with van der Waals surface area (Å²) in [4.78, 5) is 19.4. The molecule has 1 aliphatic heterocycles. The monoisotopic (exact) mass is 515 g/mol. The highest BCUT2D eigenvalue weighted by molar-refractivity contribution is 7.89. The standard InChI is InChI=1S/C28H29N5O3S/c34-28(30-20-25-6-4-5-9-27(25)32-15-14-29-22-32)24-12-10-23(11-13-24)21-31-16-18-33(19-17-31)37(35,36)26-7-2-1-3-8-26/h1-15,22H,16-21H2,(H,30,34). The van der Waals surface area contributed by atoms with Crippen molar-refractivity contribution in [2.75, 3.05) is 26.2 Å². The minimum atomic E-state index is -3.46. The number of sulfonamides is 1. The maximum absolute atomic E-state index is 12.8. The van der Waals surface area contributed by atoms with E-state index in [1.54, 1.807) is 41.1 Å². The van der Waals surface area contributed by atoms with E-state index in [9.17, 15) is 13.2 Å². The third kappa shape index (κ3) is 5.80. The molecule has 1 fully saturated rings. The summed E-state index contributed by atoms with van der Waals surface area (Å²) in [5.41, 5.74) is 3.66. The van der Waals surface area contributed by atoms with Gasteiger partial charge in [0.25, 0.3) is 5.91 Å². The van der Waals surface area contributed by atoms with Gasteiger partial charge in [0.1, 0.15) is 0 Å². The minimum absolute atomic E-state index is 0.133. The number of hydrogen-bond donors (Lipinski definition) is 1. The van der Waals surface area contributed by atoms with Crippen molar-refractivity contribution in [3.8, 4) is 5.69 Å². The molecule has 9 heteroatoms. The molecule has 0 saturated carbocycles. The van der Waals surface area contributed by atoms with Crippen molar-refractivity contribution in [1.29, 1.82) is 0 Å². The second-order valence-electron chi connectivity index (χ2n) is 8.97. The fraction of sp³-hybridized carbons (Fsp3) is 0.214. The topological polar surface area (TPSA) is 87.5 Å². The van der Waals surface area contributed by atoms with Gasteiger partial charge in [-0.3, -0.25) is 9.69 Å². The van der Waals surface area contributed by atoms with Crippen molar-refractivity contribution in [3.05, 3.63) is 114 Å². The molecule has 0 unspecified atom stereocenters. The SMILES string of the molecule is O=C(NCc1ccccc1-n1ccnc1)c1ccc(CN2CCN(S(=O)(=O)c3ccccc3)CC2)cc1. The first kappa shape index (κ1) is 24.9. The summed E-state index contributed by atoms with van der Waals surface area (Å²) in [6.07, 6.45) is 5.34. The van der Waals surface area contributed by atoms with Crippen LogP contribution in [0.2, 0.25) is 0 Å². The van der Waals surface area contributed by atoms with Crippen LogP contribution in [0.3, 0.4) is 0 Å². The molecule has 0 spiro atoms. The number of nitrogens with one attached hydrogen (secondary N) is 1. The van der Waals surface area contributed by atoms with E-state index in [4.69, 9.17) is 0 Å². The van der Waals surface area contributed by atoms with Gasteiger partial charge in [0, 0.05) is 57.2 Å². The van der Waals surface area contributed by atoms with Crippen LogP contribution in [0.15, 0.2) is 102 Å². The Labute approximate surface area is 217 Å². The number of para-hydroxylation sites is 1. The molecule has 190 valence electrons. The Balaban J connectivity index is 1.14. The number of aromatic nitrogens is 2. The van der Waals surface area contributed by atoms with Crippen molar-refractivity contribution < 1.29 is 13.2 Å². The summed E-state index contributed by atoms with van der Waals surface area (Å²) in [5.74, 6) is -0.133. The third-order valence-corrected chi connectivity index (χ3v) is 8.46. The first-order chi connectivity index (χ1) is 18.0. The van der Waals surface area contributed by atoms with Gasteiger partial charge in [-0.1, -0.05) is 48.5 Å². The van der Waals surface area contributed by atoms with Crippen molar-refractivity contribution in [2.24, 2.45) is 0 Å². The zero-order valence-corrected chi connectivity index (χ0v) is 21.2. The molecule has 4 aromatic rings. The van der Waals surface area contributed by atoms with E-state index in [1.807, 2.05) is 65.4 Å². The molecule has 1 amide bonds. The van der Waals surface area contributed by atoms with Gasteiger partial charge in [0.15, 0.2) is 0 Å². The lowest BCUT2D eigenvalue weighted by Crippen LogP contribution is -2.48. The van der Waals surface area contributed by atoms with Gasteiger partial charge in [-0.25, -0.2) is 13.4 Å². The second-order valence-corrected chi connectivity index (χ2v) is 10.9. The van der Waals surface area contributed by atoms with Crippen molar-refractivity contribution in [1.82, 2.24) is 24.1 Å². The molecule has 0 radical (unpaired) electrons. The zero-order valence-electron chi connectivity index (χ0n) is 20.4. The summed E-state index contributed by atoms with van der Waals surface area (Å²) >= 11 is 0. The highest BCUT2D eigenvalue weighted by Gasteiger charge is 2.28. The number of benzene rings is 3. The number of amides is 1. The van der Waals surface area contributed by atoms with E-state index < -0.39 is 10.0 Å². The van der Waals surface area contributed by atoms with Crippen LogP contribution in [0.4, 0.5) is 0 Å². The molecule has 1 aliphatic rings. The van der Waals surface area contributed by atoms with Gasteiger partial charge in [0.05, 0.1) is 16.9 Å². The molecular formula is C28H29N5O3S. The molecule has 0 atom stereocenters. The molecule has 0 aliphatic carbocycles. The smallest absolute Gasteiger partial charge is 0.251 e. The van der Waals surface area contributed by atoms with Crippen LogP contribution in [0.5, 0.6) is 0 Å². The maximum atomic E-state index is 12.8. The Morgan fingerprint density at radius 2 is 1.57 bits per heavy atom. The number of hydrogen-bond acceptors (Lipinski definition) is 5. The number of carbonyl (C=O) groups is 1. The van der Waals surface area contributed by atoms with Crippen molar-refractivity contribution in [2.45, 2.75) is 18.0 Å². The van der Waals surface area contributed by atoms with Crippen LogP contribution >= 0.6 is 0 Å². The highest BCUT2D eigenvalue weighted by Crippen LogP contribution is 2.19. The van der Waals surface area contributed by atoms with E-state index in [1.165, 1.54) is 0 Å². The molecular weight excluding hydrogens is 486 g/mol. The number of carbonyl (C=O) groups excluding carboxylic acids is 1. The predicted molar refractivity (Wildman–Crippen MR) is 142 cm³/mol. The van der Waals surface area contributed by atoms with Gasteiger partial charge in [-0.2, -0.15) is 4.31 Å². The number of nitrogens with zero attached hydrogens (tertiary/aromatic N) is 4. The second kappa shape index (κ2) is 11.1. The summed E-state index contributed by atoms with van der Waals surface area (Å²) in [6, 6.07) is 24.1. The molecule has 0 bridgehead atoms. The van der Waals surface area contributed by atoms with E-state index in [2.05, 4.69) is 15.2 Å². The fourth-order valence-corrected chi connectivity index (χ4v) is 5.92. The van der Waals surface area contributed by atoms with Gasteiger partial charge < -0.3 is 9.88 Å². The molecule has 1 aromatic heterocycles. The largest absolute Gasteiger partial charge is 0.348 e. The molecule has 5 rings (SSSR count). The lowest BCUT2D eigenvalue weighted by Gasteiger charge is -2.34. The van der Waals surface area contributed by atoms with Gasteiger partial charge >= 0.3 is 0 Å². The fourth-order valence-electron chi connectivity index (χ4n) is 4.48. The maximum Gasteiger partial charge on any atom is 0.251 e. The Kier molecular flexibility index (Phi) is 7.45. The minimum Gasteiger partial charge on any atom is -0.348 e. The van der Waals surface area contributed by atoms with Gasteiger partial charge in [0.2, 0.25) is 10.0 Å². The molecule has 37 heavy (non-hydrogen) atoms. The Morgan fingerprint density at radius 1 is 0.865 bits per heavy atom. The van der Waals surface area contributed by atoms with E-state index in [0.29, 0.717) is 49.7 Å². The van der Waals surface area contributed by atoms with Crippen LogP contribution in [-0.4, -0.2) is 59.3 Å². The summed E-state index contributed by atoms with van der Waals surface area (Å²) in [5, 5.41) is 3.01. The first-order valence-electron chi connectivity index (χ1n) is 12.2. The zero-order chi connectivity index (χ0) is 25.7. The van der Waals surface area contributed by atoms with Crippen LogP contribution in [0.25, 0.3) is 5.69 Å².